The van der Waals surface area contributed by atoms with Crippen molar-refractivity contribution in [3.05, 3.63) is 0 Å². The first-order valence-electron chi connectivity index (χ1n) is 7.87. The zero-order chi connectivity index (χ0) is 15.5. The van der Waals surface area contributed by atoms with Gasteiger partial charge in [-0.05, 0) is 61.3 Å². The number of rotatable bonds is 4. The number of carbonyl (C=O) groups is 1. The molecule has 0 aromatic carbocycles. The maximum atomic E-state index is 12.3. The van der Waals surface area contributed by atoms with E-state index in [1.54, 1.807) is 0 Å². The third-order valence-electron chi connectivity index (χ3n) is 3.75. The van der Waals surface area contributed by atoms with Gasteiger partial charge in [-0.15, -0.1) is 0 Å². The minimum atomic E-state index is -0.417. The molecule has 0 aromatic heterocycles. The Labute approximate surface area is 137 Å². The van der Waals surface area contributed by atoms with E-state index in [9.17, 15) is 4.79 Å². The molecule has 0 N–H and O–H groups in total. The molecule has 1 aliphatic rings. The summed E-state index contributed by atoms with van der Waals surface area (Å²) in [5.74, 6) is 0. The summed E-state index contributed by atoms with van der Waals surface area (Å²) in [5, 5.41) is 0. The van der Waals surface area contributed by atoms with Gasteiger partial charge in [0.15, 0.2) is 0 Å². The van der Waals surface area contributed by atoms with Gasteiger partial charge in [-0.25, -0.2) is 4.79 Å². The van der Waals surface area contributed by atoms with Gasteiger partial charge in [0.1, 0.15) is 5.60 Å². The molecule has 1 unspecified atom stereocenters. The summed E-state index contributed by atoms with van der Waals surface area (Å²) in [6.45, 7) is 16.4. The Morgan fingerprint density at radius 3 is 2.19 bits per heavy atom. The lowest BCUT2D eigenvalue weighted by Gasteiger charge is -2.36. The second kappa shape index (κ2) is 8.28. The molecule has 5 heteroatoms. The van der Waals surface area contributed by atoms with Crippen LogP contribution in [0.4, 0.5) is 4.79 Å². The Balaban J connectivity index is 0.00000400. The van der Waals surface area contributed by atoms with E-state index < -0.39 is 5.60 Å². The average molecular weight is 319 g/mol. The van der Waals surface area contributed by atoms with E-state index in [0.717, 1.165) is 25.9 Å². The Morgan fingerprint density at radius 2 is 1.76 bits per heavy atom. The monoisotopic (exact) mass is 318 g/mol. The van der Waals surface area contributed by atoms with Crippen LogP contribution in [-0.4, -0.2) is 52.7 Å². The first-order valence-corrected chi connectivity index (χ1v) is 7.87. The highest BCUT2D eigenvalue weighted by Gasteiger charge is 2.33. The van der Waals surface area contributed by atoms with Crippen LogP contribution in [0.5, 0.6) is 0 Å². The van der Waals surface area contributed by atoms with Gasteiger partial charge in [-0.1, -0.05) is 0 Å². The van der Waals surface area contributed by atoms with Crippen molar-refractivity contribution in [2.24, 2.45) is 0 Å². The molecular formula is C16H34N2O2S. The van der Waals surface area contributed by atoms with Crippen LogP contribution in [-0.2, 0) is 4.74 Å². The lowest BCUT2D eigenvalue weighted by atomic mass is 10.1. The Morgan fingerprint density at radius 1 is 1.24 bits per heavy atom. The molecule has 1 amide bonds. The zero-order valence-corrected chi connectivity index (χ0v) is 15.8. The fourth-order valence-electron chi connectivity index (χ4n) is 2.85. The molecule has 0 saturated carbocycles. The van der Waals surface area contributed by atoms with Crippen LogP contribution in [0, 0.1) is 0 Å². The van der Waals surface area contributed by atoms with E-state index in [1.165, 1.54) is 0 Å². The number of amides is 1. The number of carbonyl (C=O) groups excluding carboxylic acids is 1. The van der Waals surface area contributed by atoms with Crippen LogP contribution in [0.15, 0.2) is 0 Å². The number of likely N-dealkylation sites (tertiary alicyclic amines) is 1. The first-order chi connectivity index (χ1) is 9.11. The molecule has 21 heavy (non-hydrogen) atoms. The largest absolute Gasteiger partial charge is 0.444 e. The van der Waals surface area contributed by atoms with Gasteiger partial charge in [-0.2, -0.15) is 13.5 Å². The van der Waals surface area contributed by atoms with Crippen LogP contribution in [0.2, 0.25) is 0 Å². The van der Waals surface area contributed by atoms with Crippen molar-refractivity contribution in [2.45, 2.75) is 85.0 Å². The molecule has 1 atom stereocenters. The smallest absolute Gasteiger partial charge is 0.410 e. The number of hydrogen-bond donors (Lipinski definition) is 0. The van der Waals surface area contributed by atoms with Crippen LogP contribution in [0.1, 0.15) is 61.3 Å². The second-order valence-electron chi connectivity index (χ2n) is 7.35. The molecule has 1 heterocycles. The Kier molecular flexibility index (Phi) is 8.11. The van der Waals surface area contributed by atoms with E-state index in [2.05, 4.69) is 32.6 Å². The topological polar surface area (TPSA) is 32.8 Å². The summed E-state index contributed by atoms with van der Waals surface area (Å²) >= 11 is 0. The molecule has 1 rings (SSSR count). The summed E-state index contributed by atoms with van der Waals surface area (Å²) in [5.41, 5.74) is -0.417. The number of hydrogen-bond acceptors (Lipinski definition) is 3. The van der Waals surface area contributed by atoms with E-state index in [1.807, 2.05) is 25.7 Å². The van der Waals surface area contributed by atoms with Crippen molar-refractivity contribution in [1.29, 1.82) is 0 Å². The maximum absolute atomic E-state index is 12.3. The lowest BCUT2D eigenvalue weighted by Crippen LogP contribution is -2.48. The van der Waals surface area contributed by atoms with Crippen molar-refractivity contribution in [3.63, 3.8) is 0 Å². The molecule has 0 aliphatic carbocycles. The van der Waals surface area contributed by atoms with Crippen LogP contribution in [0.3, 0.4) is 0 Å². The van der Waals surface area contributed by atoms with Gasteiger partial charge in [-0.3, -0.25) is 4.90 Å². The molecule has 0 radical (unpaired) electrons. The number of nitrogens with zero attached hydrogens (tertiary/aromatic N) is 2. The predicted octanol–water partition coefficient (Wildman–Crippen LogP) is 3.62. The molecule has 1 saturated heterocycles. The van der Waals surface area contributed by atoms with Crippen molar-refractivity contribution >= 4 is 19.6 Å². The summed E-state index contributed by atoms with van der Waals surface area (Å²) in [6.07, 6.45) is 2.00. The third kappa shape index (κ3) is 6.47. The Bertz CT molecular complexity index is 319. The molecule has 4 nitrogen and oxygen atoms in total. The quantitative estimate of drug-likeness (QED) is 0.794. The predicted molar refractivity (Wildman–Crippen MR) is 93.3 cm³/mol. The molecule has 0 bridgehead atoms. The van der Waals surface area contributed by atoms with Gasteiger partial charge in [0.2, 0.25) is 0 Å². The lowest BCUT2D eigenvalue weighted by molar-refractivity contribution is 0.0170. The first kappa shape index (κ1) is 20.6. The zero-order valence-electron chi connectivity index (χ0n) is 14.8. The highest BCUT2D eigenvalue weighted by atomic mass is 32.1. The fraction of sp³-hybridized carbons (Fsp3) is 0.938. The third-order valence-corrected chi connectivity index (χ3v) is 3.75. The fourth-order valence-corrected chi connectivity index (χ4v) is 2.85. The maximum Gasteiger partial charge on any atom is 0.410 e. The van der Waals surface area contributed by atoms with E-state index in [0.29, 0.717) is 12.1 Å². The van der Waals surface area contributed by atoms with Crippen molar-refractivity contribution in [1.82, 2.24) is 9.80 Å². The van der Waals surface area contributed by atoms with Crippen LogP contribution < -0.4 is 0 Å². The van der Waals surface area contributed by atoms with E-state index in [4.69, 9.17) is 4.74 Å². The van der Waals surface area contributed by atoms with Gasteiger partial charge in [0.05, 0.1) is 0 Å². The van der Waals surface area contributed by atoms with Crippen LogP contribution >= 0.6 is 13.5 Å². The molecule has 126 valence electrons. The van der Waals surface area contributed by atoms with Gasteiger partial charge in [0.25, 0.3) is 0 Å². The van der Waals surface area contributed by atoms with Gasteiger partial charge < -0.3 is 9.64 Å². The molecular weight excluding hydrogens is 284 g/mol. The van der Waals surface area contributed by atoms with E-state index >= 15 is 0 Å². The molecule has 1 fully saturated rings. The summed E-state index contributed by atoms with van der Waals surface area (Å²) in [6, 6.07) is 1.28. The second-order valence-corrected chi connectivity index (χ2v) is 7.35. The SMILES string of the molecule is CC(C)N(CC1CCCN1C(=O)OC(C)(C)C)C(C)C.S. The summed E-state index contributed by atoms with van der Waals surface area (Å²) in [7, 11) is 0. The summed E-state index contributed by atoms with van der Waals surface area (Å²) in [4.78, 5) is 16.6. The minimum absolute atomic E-state index is 0. The standard InChI is InChI=1S/C16H32N2O2.H2S/c1-12(2)18(13(3)4)11-14-9-8-10-17(14)15(19)20-16(5,6)7;/h12-14H,8-11H2,1-7H3;1H2. The summed E-state index contributed by atoms with van der Waals surface area (Å²) < 4.78 is 5.52. The molecule has 0 aromatic rings. The van der Waals surface area contributed by atoms with Crippen molar-refractivity contribution in [2.75, 3.05) is 13.1 Å². The van der Waals surface area contributed by atoms with Crippen LogP contribution in [0.25, 0.3) is 0 Å². The normalized spacial score (nSPS) is 19.3. The minimum Gasteiger partial charge on any atom is -0.444 e. The van der Waals surface area contributed by atoms with Gasteiger partial charge >= 0.3 is 6.09 Å². The Hall–Kier alpha value is -0.420. The molecule has 1 aliphatic heterocycles. The molecule has 0 spiro atoms. The highest BCUT2D eigenvalue weighted by Crippen LogP contribution is 2.23. The average Bonchev–Trinajstić information content (AvgIpc) is 2.70. The van der Waals surface area contributed by atoms with Crippen molar-refractivity contribution < 1.29 is 9.53 Å². The van der Waals surface area contributed by atoms with Crippen molar-refractivity contribution in [3.8, 4) is 0 Å². The van der Waals surface area contributed by atoms with E-state index in [-0.39, 0.29) is 25.6 Å². The number of ether oxygens (including phenoxy) is 1. The van der Waals surface area contributed by atoms with Gasteiger partial charge in [0, 0.05) is 31.2 Å². The highest BCUT2D eigenvalue weighted by molar-refractivity contribution is 7.59.